The van der Waals surface area contributed by atoms with Crippen molar-refractivity contribution >= 4 is 23.2 Å². The number of allylic oxidation sites excluding steroid dienone is 1. The third kappa shape index (κ3) is 8.86. The molecule has 0 saturated heterocycles. The van der Waals surface area contributed by atoms with Crippen LogP contribution >= 0.6 is 23.2 Å². The van der Waals surface area contributed by atoms with Crippen LogP contribution in [0.2, 0.25) is 0 Å². The fourth-order valence-electron chi connectivity index (χ4n) is 0. The lowest BCUT2D eigenvalue weighted by molar-refractivity contribution is 0.824. The van der Waals surface area contributed by atoms with Gasteiger partial charge in [0.15, 0.2) is 0 Å². The minimum atomic E-state index is 0. The summed E-state index contributed by atoms with van der Waals surface area (Å²) in [5.74, 6) is 0.349. The second-order valence-corrected chi connectivity index (χ2v) is 1.45. The molecule has 0 fully saturated rings. The van der Waals surface area contributed by atoms with Crippen LogP contribution in [-0.4, -0.2) is 11.4 Å². The minimum absolute atomic E-state index is 0. The number of alkyl halides is 1. The molecule has 0 atom stereocenters. The van der Waals surface area contributed by atoms with Gasteiger partial charge in [-0.1, -0.05) is 18.2 Å². The molecule has 0 heterocycles. The summed E-state index contributed by atoms with van der Waals surface area (Å²) in [6, 6.07) is 0. The summed E-state index contributed by atoms with van der Waals surface area (Å²) in [7, 11) is 0. The summed E-state index contributed by atoms with van der Waals surface area (Å²) in [5.41, 5.74) is 0. The van der Waals surface area contributed by atoms with Gasteiger partial charge in [-0.3, -0.25) is 0 Å². The molecule has 0 aromatic carbocycles. The molecule has 2 N–H and O–H groups in total. The van der Waals surface area contributed by atoms with Gasteiger partial charge in [-0.2, -0.15) is 0 Å². The van der Waals surface area contributed by atoms with Crippen LogP contribution in [0.15, 0.2) is 11.6 Å². The lowest BCUT2D eigenvalue weighted by Gasteiger charge is -1.73. The van der Waals surface area contributed by atoms with E-state index in [9.17, 15) is 0 Å². The second kappa shape index (κ2) is 5.28. The average Bonchev–Trinajstić information content (AvgIpc) is 1.38. The number of rotatable bonds is 1. The maximum atomic E-state index is 5.14. The highest BCUT2D eigenvalue weighted by molar-refractivity contribution is 6.35. The molecular weight excluding hydrogens is 123 g/mol. The Morgan fingerprint density at radius 3 is 1.83 bits per heavy atom. The summed E-state index contributed by atoms with van der Waals surface area (Å²) >= 11 is 10.2. The second-order valence-electron chi connectivity index (χ2n) is 0.651. The van der Waals surface area contributed by atoms with Gasteiger partial charge in [-0.15, -0.1) is 11.6 Å². The van der Waals surface area contributed by atoms with Crippen LogP contribution in [0, 0.1) is 0 Å². The van der Waals surface area contributed by atoms with Crippen LogP contribution < -0.4 is 0 Å². The number of halogens is 2. The van der Waals surface area contributed by atoms with Gasteiger partial charge >= 0.3 is 0 Å². The monoisotopic (exact) mass is 128 g/mol. The molecule has 0 amide bonds. The summed E-state index contributed by atoms with van der Waals surface area (Å²) in [4.78, 5) is 0. The molecule has 0 aliphatic heterocycles. The van der Waals surface area contributed by atoms with Crippen LogP contribution in [0.5, 0.6) is 0 Å². The Balaban J connectivity index is 0. The van der Waals surface area contributed by atoms with Gasteiger partial charge in [0.2, 0.25) is 0 Å². The molecule has 0 unspecified atom stereocenters. The third-order valence-corrected chi connectivity index (χ3v) is 0.738. The van der Waals surface area contributed by atoms with E-state index in [0.717, 1.165) is 0 Å². The third-order valence-electron chi connectivity index (χ3n) is 0.145. The Labute approximate surface area is 46.9 Å². The molecule has 0 saturated carbocycles. The molecule has 0 aromatic heterocycles. The highest BCUT2D eigenvalue weighted by atomic mass is 35.5. The Morgan fingerprint density at radius 1 is 1.67 bits per heavy atom. The summed E-state index contributed by atoms with van der Waals surface area (Å²) in [6.45, 7) is 3.31. The lowest BCUT2D eigenvalue weighted by Crippen LogP contribution is -1.60. The molecular formula is C3H6Cl2O. The zero-order valence-electron chi connectivity index (χ0n) is 3.17. The number of hydrogen-bond acceptors (Lipinski definition) is 0. The quantitative estimate of drug-likeness (QED) is 0.475. The molecule has 0 spiro atoms. The Hall–Kier alpha value is 0.280. The molecule has 38 valence electrons. The fourth-order valence-corrected chi connectivity index (χ4v) is 0. The molecule has 3 heteroatoms. The fraction of sp³-hybridized carbons (Fsp3) is 0.333. The summed E-state index contributed by atoms with van der Waals surface area (Å²) < 4.78 is 0. The average molecular weight is 129 g/mol. The van der Waals surface area contributed by atoms with E-state index in [1.165, 1.54) is 0 Å². The molecule has 0 aromatic rings. The van der Waals surface area contributed by atoms with Gasteiger partial charge in [-0.25, -0.2) is 0 Å². The topological polar surface area (TPSA) is 31.5 Å². The molecule has 1 nitrogen and oxygen atoms in total. The van der Waals surface area contributed by atoms with E-state index in [2.05, 4.69) is 6.58 Å². The van der Waals surface area contributed by atoms with E-state index in [1.54, 1.807) is 0 Å². The Bertz CT molecular complexity index is 44.1. The van der Waals surface area contributed by atoms with Crippen molar-refractivity contribution < 1.29 is 5.48 Å². The van der Waals surface area contributed by atoms with Crippen molar-refractivity contribution in [2.24, 2.45) is 0 Å². The van der Waals surface area contributed by atoms with E-state index in [-0.39, 0.29) is 5.48 Å². The van der Waals surface area contributed by atoms with Crippen molar-refractivity contribution in [1.82, 2.24) is 0 Å². The lowest BCUT2D eigenvalue weighted by atomic mass is 10.8. The maximum absolute atomic E-state index is 5.14. The van der Waals surface area contributed by atoms with E-state index >= 15 is 0 Å². The van der Waals surface area contributed by atoms with Gasteiger partial charge in [0.1, 0.15) is 0 Å². The number of hydrogen-bond donors (Lipinski definition) is 0. The first-order chi connectivity index (χ1) is 2.27. The van der Waals surface area contributed by atoms with Gasteiger partial charge in [0.05, 0.1) is 5.88 Å². The predicted octanol–water partition coefficient (Wildman–Crippen LogP) is 1.15. The molecule has 0 aliphatic carbocycles. The first kappa shape index (κ1) is 9.56. The van der Waals surface area contributed by atoms with E-state index < -0.39 is 0 Å². The largest absolute Gasteiger partial charge is 0.412 e. The molecule has 0 aliphatic rings. The zero-order chi connectivity index (χ0) is 4.28. The van der Waals surface area contributed by atoms with Crippen molar-refractivity contribution in [3.63, 3.8) is 0 Å². The van der Waals surface area contributed by atoms with E-state index in [0.29, 0.717) is 10.9 Å². The summed E-state index contributed by atoms with van der Waals surface area (Å²) in [6.07, 6.45) is 0. The van der Waals surface area contributed by atoms with Crippen LogP contribution in [0.3, 0.4) is 0 Å². The standard InChI is InChI=1S/C3H4Cl2.H2O/c1-3(5)2-4;/h1-2H2;1H2. The highest BCUT2D eigenvalue weighted by Crippen LogP contribution is 1.96. The normalized spacial score (nSPS) is 6.33. The smallest absolute Gasteiger partial charge is 0.0575 e. The first-order valence-corrected chi connectivity index (χ1v) is 2.08. The predicted molar refractivity (Wildman–Crippen MR) is 29.3 cm³/mol. The highest BCUT2D eigenvalue weighted by Gasteiger charge is 1.73. The molecule has 0 bridgehead atoms. The van der Waals surface area contributed by atoms with E-state index in [1.807, 2.05) is 0 Å². The Kier molecular flexibility index (Phi) is 8.41. The minimum Gasteiger partial charge on any atom is -0.412 e. The van der Waals surface area contributed by atoms with Crippen LogP contribution in [0.4, 0.5) is 0 Å². The molecule has 6 heavy (non-hydrogen) atoms. The van der Waals surface area contributed by atoms with Gasteiger partial charge < -0.3 is 5.48 Å². The van der Waals surface area contributed by atoms with Gasteiger partial charge in [-0.05, 0) is 0 Å². The van der Waals surface area contributed by atoms with Crippen LogP contribution in [-0.2, 0) is 0 Å². The van der Waals surface area contributed by atoms with Crippen molar-refractivity contribution in [2.45, 2.75) is 0 Å². The van der Waals surface area contributed by atoms with E-state index in [4.69, 9.17) is 23.2 Å². The van der Waals surface area contributed by atoms with Crippen molar-refractivity contribution in [1.29, 1.82) is 0 Å². The van der Waals surface area contributed by atoms with Gasteiger partial charge in [0.25, 0.3) is 0 Å². The van der Waals surface area contributed by atoms with Crippen molar-refractivity contribution in [3.05, 3.63) is 11.6 Å². The van der Waals surface area contributed by atoms with Crippen molar-refractivity contribution in [2.75, 3.05) is 5.88 Å². The van der Waals surface area contributed by atoms with Crippen LogP contribution in [0.25, 0.3) is 0 Å². The Morgan fingerprint density at radius 2 is 1.83 bits per heavy atom. The summed E-state index contributed by atoms with van der Waals surface area (Å²) in [5, 5.41) is 0.492. The first-order valence-electron chi connectivity index (χ1n) is 1.16. The van der Waals surface area contributed by atoms with Crippen LogP contribution in [0.1, 0.15) is 0 Å². The maximum Gasteiger partial charge on any atom is 0.0575 e. The van der Waals surface area contributed by atoms with Crippen molar-refractivity contribution in [3.8, 4) is 0 Å². The molecule has 0 rings (SSSR count). The molecule has 0 radical (unpaired) electrons. The SMILES string of the molecule is C=C(Cl)CCl.O. The zero-order valence-corrected chi connectivity index (χ0v) is 4.68. The van der Waals surface area contributed by atoms with Gasteiger partial charge in [0, 0.05) is 5.03 Å².